The highest BCUT2D eigenvalue weighted by Gasteiger charge is 2.10. The van der Waals surface area contributed by atoms with Gasteiger partial charge in [-0.2, -0.15) is 0 Å². The normalized spacial score (nSPS) is 22.5. The van der Waals surface area contributed by atoms with E-state index in [0.717, 1.165) is 6.04 Å². The van der Waals surface area contributed by atoms with Crippen LogP contribution in [0.15, 0.2) is 0 Å². The molecular weight excluding hydrogens is 140 g/mol. The van der Waals surface area contributed by atoms with Crippen LogP contribution < -0.4 is 9.96 Å². The van der Waals surface area contributed by atoms with Crippen LogP contribution in [0.4, 0.5) is 0 Å². The van der Waals surface area contributed by atoms with Crippen LogP contribution in [0.2, 0.25) is 0 Å². The van der Waals surface area contributed by atoms with Crippen molar-refractivity contribution >= 4 is 9.84 Å². The van der Waals surface area contributed by atoms with Crippen LogP contribution in [0.5, 0.6) is 0 Å². The molecule has 1 aliphatic rings. The van der Waals surface area contributed by atoms with Crippen molar-refractivity contribution in [1.29, 1.82) is 0 Å². The fourth-order valence-corrected chi connectivity index (χ4v) is 2.45. The van der Waals surface area contributed by atoms with Gasteiger partial charge in [0.05, 0.1) is 0 Å². The van der Waals surface area contributed by atoms with Gasteiger partial charge in [-0.1, -0.05) is 19.3 Å². The zero-order chi connectivity index (χ0) is 7.23. The van der Waals surface area contributed by atoms with E-state index in [0.29, 0.717) is 0 Å². The van der Waals surface area contributed by atoms with Gasteiger partial charge in [0.1, 0.15) is 0 Å². The van der Waals surface area contributed by atoms with Crippen LogP contribution in [-0.4, -0.2) is 22.9 Å². The first-order valence-corrected chi connectivity index (χ1v) is 5.73. The molecule has 3 heteroatoms. The third-order valence-electron chi connectivity index (χ3n) is 2.17. The molecule has 0 saturated heterocycles. The Hall–Kier alpha value is 0.137. The van der Waals surface area contributed by atoms with Crippen LogP contribution in [0.25, 0.3) is 0 Å². The minimum Gasteiger partial charge on any atom is -0.333 e. The first-order chi connectivity index (χ1) is 4.93. The largest absolute Gasteiger partial charge is 0.333 e. The molecule has 1 saturated carbocycles. The van der Waals surface area contributed by atoms with Crippen molar-refractivity contribution in [3.63, 3.8) is 0 Å². The van der Waals surface area contributed by atoms with Crippen LogP contribution >= 0.6 is 0 Å². The SMILES string of the molecule is CN[SiH2]NC1CCCCC1. The van der Waals surface area contributed by atoms with Crippen molar-refractivity contribution in [3.8, 4) is 0 Å². The second kappa shape index (κ2) is 4.88. The van der Waals surface area contributed by atoms with Crippen LogP contribution in [0.3, 0.4) is 0 Å². The molecule has 0 aromatic rings. The predicted octanol–water partition coefficient (Wildman–Crippen LogP) is 0.127. The molecule has 1 fully saturated rings. The molecule has 0 aliphatic heterocycles. The maximum atomic E-state index is 3.60. The van der Waals surface area contributed by atoms with Gasteiger partial charge in [-0.05, 0) is 19.9 Å². The van der Waals surface area contributed by atoms with E-state index in [1.807, 2.05) is 7.05 Å². The Morgan fingerprint density at radius 2 is 1.90 bits per heavy atom. The minimum absolute atomic E-state index is 0.123. The lowest BCUT2D eigenvalue weighted by molar-refractivity contribution is 0.417. The van der Waals surface area contributed by atoms with E-state index in [2.05, 4.69) is 9.96 Å². The average molecular weight is 158 g/mol. The summed E-state index contributed by atoms with van der Waals surface area (Å²) in [4.78, 5) is 6.84. The Morgan fingerprint density at radius 1 is 1.20 bits per heavy atom. The van der Waals surface area contributed by atoms with E-state index in [9.17, 15) is 0 Å². The molecule has 60 valence electrons. The Balaban J connectivity index is 2.02. The van der Waals surface area contributed by atoms with Crippen molar-refractivity contribution in [2.24, 2.45) is 0 Å². The summed E-state index contributed by atoms with van der Waals surface area (Å²) in [5.41, 5.74) is 0. The number of hydrogen-bond acceptors (Lipinski definition) is 2. The Morgan fingerprint density at radius 3 is 2.50 bits per heavy atom. The molecule has 0 unspecified atom stereocenters. The summed E-state index contributed by atoms with van der Waals surface area (Å²) in [5, 5.41) is 0. The van der Waals surface area contributed by atoms with Crippen molar-refractivity contribution in [1.82, 2.24) is 9.96 Å². The monoisotopic (exact) mass is 158 g/mol. The average Bonchev–Trinajstić information content (AvgIpc) is 2.03. The predicted molar refractivity (Wildman–Crippen MR) is 47.6 cm³/mol. The molecule has 1 rings (SSSR count). The topological polar surface area (TPSA) is 24.1 Å². The molecule has 0 aromatic heterocycles. The minimum atomic E-state index is -0.123. The van der Waals surface area contributed by atoms with Gasteiger partial charge in [0.25, 0.3) is 0 Å². The van der Waals surface area contributed by atoms with Crippen molar-refractivity contribution < 1.29 is 0 Å². The maximum Gasteiger partial charge on any atom is 0.167 e. The summed E-state index contributed by atoms with van der Waals surface area (Å²) < 4.78 is 0. The van der Waals surface area contributed by atoms with Crippen LogP contribution in [-0.2, 0) is 0 Å². The van der Waals surface area contributed by atoms with Gasteiger partial charge in [0.15, 0.2) is 9.84 Å². The molecule has 0 radical (unpaired) electrons. The van der Waals surface area contributed by atoms with Gasteiger partial charge in [-0.3, -0.25) is 0 Å². The van der Waals surface area contributed by atoms with E-state index < -0.39 is 0 Å². The smallest absolute Gasteiger partial charge is 0.167 e. The molecular formula is C7H18N2Si. The van der Waals surface area contributed by atoms with E-state index >= 15 is 0 Å². The molecule has 1 aliphatic carbocycles. The van der Waals surface area contributed by atoms with E-state index in [1.165, 1.54) is 32.1 Å². The third-order valence-corrected chi connectivity index (χ3v) is 3.31. The van der Waals surface area contributed by atoms with Gasteiger partial charge in [-0.15, -0.1) is 0 Å². The quantitative estimate of drug-likeness (QED) is 0.570. The van der Waals surface area contributed by atoms with Crippen molar-refractivity contribution in [3.05, 3.63) is 0 Å². The first kappa shape index (κ1) is 8.24. The van der Waals surface area contributed by atoms with Gasteiger partial charge in [-0.25, -0.2) is 0 Å². The fraction of sp³-hybridized carbons (Fsp3) is 1.00. The summed E-state index contributed by atoms with van der Waals surface area (Å²) in [6, 6.07) is 0.855. The van der Waals surface area contributed by atoms with Gasteiger partial charge >= 0.3 is 0 Å². The summed E-state index contributed by atoms with van der Waals surface area (Å²) in [6.07, 6.45) is 7.16. The molecule has 0 spiro atoms. The second-order valence-corrected chi connectivity index (χ2v) is 4.54. The molecule has 10 heavy (non-hydrogen) atoms. The Kier molecular flexibility index (Phi) is 4.02. The van der Waals surface area contributed by atoms with Crippen molar-refractivity contribution in [2.45, 2.75) is 38.1 Å². The molecule has 2 N–H and O–H groups in total. The van der Waals surface area contributed by atoms with Crippen LogP contribution in [0.1, 0.15) is 32.1 Å². The highest BCUT2D eigenvalue weighted by Crippen LogP contribution is 2.16. The first-order valence-electron chi connectivity index (χ1n) is 4.31. The summed E-state index contributed by atoms with van der Waals surface area (Å²) in [7, 11) is 1.92. The van der Waals surface area contributed by atoms with E-state index in [4.69, 9.17) is 0 Å². The molecule has 0 aromatic carbocycles. The Bertz CT molecular complexity index is 81.7. The zero-order valence-corrected chi connectivity index (χ0v) is 8.23. The zero-order valence-electron chi connectivity index (χ0n) is 6.82. The number of hydrogen-bond donors (Lipinski definition) is 2. The summed E-state index contributed by atoms with van der Waals surface area (Å²) in [6.45, 7) is 0. The highest BCUT2D eigenvalue weighted by atomic mass is 28.2. The molecule has 0 amide bonds. The lowest BCUT2D eigenvalue weighted by atomic mass is 9.96. The molecule has 2 nitrogen and oxygen atoms in total. The van der Waals surface area contributed by atoms with Gasteiger partial charge in [0, 0.05) is 6.04 Å². The molecule has 0 atom stereocenters. The summed E-state index contributed by atoms with van der Waals surface area (Å²) in [5.74, 6) is 0. The number of rotatable bonds is 3. The molecule has 0 bridgehead atoms. The summed E-state index contributed by atoms with van der Waals surface area (Å²) >= 11 is 0. The van der Waals surface area contributed by atoms with Crippen LogP contribution in [0, 0.1) is 0 Å². The lowest BCUT2D eigenvalue weighted by Gasteiger charge is -2.22. The van der Waals surface area contributed by atoms with E-state index in [1.54, 1.807) is 0 Å². The van der Waals surface area contributed by atoms with Gasteiger partial charge in [0.2, 0.25) is 0 Å². The second-order valence-electron chi connectivity index (χ2n) is 3.07. The standard InChI is InChI=1S/C7H18N2Si/c1-8-10-9-7-5-3-2-4-6-7/h7-9H,2-6,10H2,1H3. The highest BCUT2D eigenvalue weighted by molar-refractivity contribution is 6.28. The Labute approximate surface area is 65.8 Å². The number of nitrogens with one attached hydrogen (secondary N) is 2. The molecule has 0 heterocycles. The fourth-order valence-electron chi connectivity index (χ4n) is 1.55. The van der Waals surface area contributed by atoms with Crippen molar-refractivity contribution in [2.75, 3.05) is 7.05 Å². The maximum absolute atomic E-state index is 3.60. The van der Waals surface area contributed by atoms with Gasteiger partial charge < -0.3 is 9.96 Å². The van der Waals surface area contributed by atoms with E-state index in [-0.39, 0.29) is 9.84 Å². The third kappa shape index (κ3) is 2.81. The lowest BCUT2D eigenvalue weighted by Crippen LogP contribution is -2.39.